The first kappa shape index (κ1) is 11.6. The van der Waals surface area contributed by atoms with Gasteiger partial charge in [0.05, 0.1) is 10.6 Å². The summed E-state index contributed by atoms with van der Waals surface area (Å²) in [5.74, 6) is -0.0229. The summed E-state index contributed by atoms with van der Waals surface area (Å²) in [6.45, 7) is 1.41. The second-order valence-electron chi connectivity index (χ2n) is 3.68. The molecular formula is C12H12ClNOS. The topological polar surface area (TPSA) is 20.3 Å². The second kappa shape index (κ2) is 4.93. The van der Waals surface area contributed by atoms with Gasteiger partial charge in [0.15, 0.2) is 0 Å². The fourth-order valence-electron chi connectivity index (χ4n) is 1.67. The Hall–Kier alpha value is -0.930. The van der Waals surface area contributed by atoms with Crippen molar-refractivity contribution < 1.29 is 4.79 Å². The van der Waals surface area contributed by atoms with Crippen molar-refractivity contribution >= 4 is 30.1 Å². The van der Waals surface area contributed by atoms with E-state index in [0.29, 0.717) is 17.1 Å². The smallest absolute Gasteiger partial charge is 0.255 e. The Bertz CT molecular complexity index is 445. The molecule has 1 aliphatic rings. The van der Waals surface area contributed by atoms with Gasteiger partial charge in [-0.2, -0.15) is 0 Å². The standard InChI is InChI=1S/C12H12ClNOS/c13-11-5-4-9(16)8-10(11)12(15)14-6-2-1-3-7-14/h1-2,4-5,8,16H,3,6-7H2. The summed E-state index contributed by atoms with van der Waals surface area (Å²) in [4.78, 5) is 14.7. The lowest BCUT2D eigenvalue weighted by Crippen LogP contribution is -2.33. The van der Waals surface area contributed by atoms with Crippen LogP contribution in [0.5, 0.6) is 0 Å². The molecule has 4 heteroatoms. The molecule has 0 aromatic heterocycles. The number of carbonyl (C=O) groups excluding carboxylic acids is 1. The van der Waals surface area contributed by atoms with Gasteiger partial charge >= 0.3 is 0 Å². The van der Waals surface area contributed by atoms with Crippen molar-refractivity contribution in [2.24, 2.45) is 0 Å². The highest BCUT2D eigenvalue weighted by atomic mass is 35.5. The van der Waals surface area contributed by atoms with Gasteiger partial charge < -0.3 is 4.90 Å². The van der Waals surface area contributed by atoms with Crippen molar-refractivity contribution in [3.05, 3.63) is 40.9 Å². The molecule has 0 radical (unpaired) electrons. The quantitative estimate of drug-likeness (QED) is 0.603. The van der Waals surface area contributed by atoms with Gasteiger partial charge in [-0.15, -0.1) is 12.6 Å². The minimum atomic E-state index is -0.0229. The molecule has 0 spiro atoms. The fourth-order valence-corrected chi connectivity index (χ4v) is 2.08. The van der Waals surface area contributed by atoms with Crippen LogP contribution in [0, 0.1) is 0 Å². The lowest BCUT2D eigenvalue weighted by Gasteiger charge is -2.23. The highest BCUT2D eigenvalue weighted by molar-refractivity contribution is 7.80. The number of rotatable bonds is 1. The summed E-state index contributed by atoms with van der Waals surface area (Å²) in [5, 5.41) is 0.484. The molecule has 0 atom stereocenters. The SMILES string of the molecule is O=C(c1cc(S)ccc1Cl)N1CC=CCC1. The number of hydrogen-bond donors (Lipinski definition) is 1. The molecule has 1 aromatic rings. The van der Waals surface area contributed by atoms with E-state index in [2.05, 4.69) is 18.7 Å². The van der Waals surface area contributed by atoms with Crippen molar-refractivity contribution in [1.29, 1.82) is 0 Å². The van der Waals surface area contributed by atoms with Gasteiger partial charge in [0.1, 0.15) is 0 Å². The first-order valence-electron chi connectivity index (χ1n) is 5.11. The normalized spacial score (nSPS) is 15.2. The van der Waals surface area contributed by atoms with Crippen LogP contribution in [0.1, 0.15) is 16.8 Å². The highest BCUT2D eigenvalue weighted by Crippen LogP contribution is 2.21. The van der Waals surface area contributed by atoms with E-state index in [9.17, 15) is 4.79 Å². The van der Waals surface area contributed by atoms with Crippen LogP contribution in [0.25, 0.3) is 0 Å². The molecule has 1 amide bonds. The molecule has 0 aliphatic carbocycles. The van der Waals surface area contributed by atoms with Crippen LogP contribution in [-0.4, -0.2) is 23.9 Å². The third kappa shape index (κ3) is 2.42. The first-order chi connectivity index (χ1) is 7.68. The zero-order valence-corrected chi connectivity index (χ0v) is 10.3. The maximum absolute atomic E-state index is 12.1. The van der Waals surface area contributed by atoms with Crippen LogP contribution >= 0.6 is 24.2 Å². The molecule has 0 fully saturated rings. The van der Waals surface area contributed by atoms with E-state index in [1.165, 1.54) is 0 Å². The van der Waals surface area contributed by atoms with Crippen LogP contribution in [0.3, 0.4) is 0 Å². The van der Waals surface area contributed by atoms with Crippen LogP contribution in [-0.2, 0) is 0 Å². The number of nitrogens with zero attached hydrogens (tertiary/aromatic N) is 1. The zero-order valence-electron chi connectivity index (χ0n) is 8.69. The Morgan fingerprint density at radius 2 is 2.19 bits per heavy atom. The summed E-state index contributed by atoms with van der Waals surface area (Å²) >= 11 is 10.2. The molecule has 84 valence electrons. The molecule has 0 N–H and O–H groups in total. The van der Waals surface area contributed by atoms with E-state index >= 15 is 0 Å². The van der Waals surface area contributed by atoms with E-state index in [4.69, 9.17) is 11.6 Å². The predicted octanol–water partition coefficient (Wildman–Crippen LogP) is 3.03. The molecule has 2 rings (SSSR count). The first-order valence-corrected chi connectivity index (χ1v) is 5.94. The van der Waals surface area contributed by atoms with Gasteiger partial charge in [-0.05, 0) is 24.6 Å². The maximum Gasteiger partial charge on any atom is 0.255 e. The van der Waals surface area contributed by atoms with E-state index in [1.807, 2.05) is 6.08 Å². The fraction of sp³-hybridized carbons (Fsp3) is 0.250. The van der Waals surface area contributed by atoms with E-state index in [-0.39, 0.29) is 5.91 Å². The largest absolute Gasteiger partial charge is 0.335 e. The summed E-state index contributed by atoms with van der Waals surface area (Å²) in [6, 6.07) is 5.20. The summed E-state index contributed by atoms with van der Waals surface area (Å²) in [5.41, 5.74) is 0.532. The zero-order chi connectivity index (χ0) is 11.5. The molecule has 0 saturated carbocycles. The Balaban J connectivity index is 2.26. The van der Waals surface area contributed by atoms with Crippen molar-refractivity contribution in [2.45, 2.75) is 11.3 Å². The van der Waals surface area contributed by atoms with Gasteiger partial charge in [-0.25, -0.2) is 0 Å². The third-order valence-corrected chi connectivity index (χ3v) is 3.13. The van der Waals surface area contributed by atoms with Gasteiger partial charge in [0, 0.05) is 18.0 Å². The van der Waals surface area contributed by atoms with Crippen LogP contribution in [0.15, 0.2) is 35.2 Å². The summed E-state index contributed by atoms with van der Waals surface area (Å²) in [6.07, 6.45) is 4.99. The Morgan fingerprint density at radius 1 is 1.38 bits per heavy atom. The van der Waals surface area contributed by atoms with Crippen molar-refractivity contribution in [1.82, 2.24) is 4.90 Å². The van der Waals surface area contributed by atoms with E-state index < -0.39 is 0 Å². The predicted molar refractivity (Wildman–Crippen MR) is 68.4 cm³/mol. The van der Waals surface area contributed by atoms with Crippen LogP contribution in [0.2, 0.25) is 5.02 Å². The number of halogens is 1. The third-order valence-electron chi connectivity index (χ3n) is 2.53. The second-order valence-corrected chi connectivity index (χ2v) is 4.60. The van der Waals surface area contributed by atoms with Gasteiger partial charge in [0.25, 0.3) is 5.91 Å². The Kier molecular flexibility index (Phi) is 3.56. The summed E-state index contributed by atoms with van der Waals surface area (Å²) < 4.78 is 0. The van der Waals surface area contributed by atoms with Crippen molar-refractivity contribution in [3.8, 4) is 0 Å². The van der Waals surface area contributed by atoms with E-state index in [0.717, 1.165) is 17.9 Å². The molecule has 1 aliphatic heterocycles. The number of hydrogen-bond acceptors (Lipinski definition) is 2. The molecule has 2 nitrogen and oxygen atoms in total. The monoisotopic (exact) mass is 253 g/mol. The molecular weight excluding hydrogens is 242 g/mol. The van der Waals surface area contributed by atoms with Crippen LogP contribution in [0.4, 0.5) is 0 Å². The molecule has 1 aromatic carbocycles. The average Bonchev–Trinajstić information content (AvgIpc) is 2.32. The lowest BCUT2D eigenvalue weighted by atomic mass is 10.1. The van der Waals surface area contributed by atoms with Crippen LogP contribution < -0.4 is 0 Å². The van der Waals surface area contributed by atoms with E-state index in [1.54, 1.807) is 23.1 Å². The molecule has 16 heavy (non-hydrogen) atoms. The number of amides is 1. The minimum absolute atomic E-state index is 0.0229. The number of thiol groups is 1. The van der Waals surface area contributed by atoms with Gasteiger partial charge in [-0.3, -0.25) is 4.79 Å². The minimum Gasteiger partial charge on any atom is -0.335 e. The Morgan fingerprint density at radius 3 is 2.88 bits per heavy atom. The van der Waals surface area contributed by atoms with Gasteiger partial charge in [0.2, 0.25) is 0 Å². The lowest BCUT2D eigenvalue weighted by molar-refractivity contribution is 0.0771. The van der Waals surface area contributed by atoms with Crippen molar-refractivity contribution in [3.63, 3.8) is 0 Å². The summed E-state index contributed by atoms with van der Waals surface area (Å²) in [7, 11) is 0. The number of carbonyl (C=O) groups is 1. The Labute approximate surface area is 105 Å². The van der Waals surface area contributed by atoms with Crippen molar-refractivity contribution in [2.75, 3.05) is 13.1 Å². The molecule has 0 unspecified atom stereocenters. The average molecular weight is 254 g/mol. The number of benzene rings is 1. The highest BCUT2D eigenvalue weighted by Gasteiger charge is 2.18. The molecule has 0 saturated heterocycles. The maximum atomic E-state index is 12.1. The molecule has 1 heterocycles. The molecule has 0 bridgehead atoms. The van der Waals surface area contributed by atoms with Gasteiger partial charge in [-0.1, -0.05) is 23.8 Å².